The standard InChI is InChI=1S/C19H18Cl3N3O3/c1-11(2)28-17-6-3-13(20)7-12(17)10-23-25-19(27)9-18(26)24-14-4-5-15(21)16(22)8-14/h3-8,10-11H,9H2,1-2H3,(H,24,26)(H,25,27). The predicted molar refractivity (Wildman–Crippen MR) is 113 cm³/mol. The Morgan fingerprint density at radius 3 is 2.50 bits per heavy atom. The minimum absolute atomic E-state index is 0.0343. The second-order valence-corrected chi connectivity index (χ2v) is 7.25. The van der Waals surface area contributed by atoms with Gasteiger partial charge in [0, 0.05) is 16.3 Å². The van der Waals surface area contributed by atoms with Gasteiger partial charge in [0.25, 0.3) is 0 Å². The van der Waals surface area contributed by atoms with Crippen molar-refractivity contribution in [2.75, 3.05) is 5.32 Å². The van der Waals surface area contributed by atoms with Crippen molar-refractivity contribution in [1.82, 2.24) is 5.43 Å². The first-order valence-electron chi connectivity index (χ1n) is 8.27. The Bertz CT molecular complexity index is 901. The maximum atomic E-state index is 11.9. The fourth-order valence-corrected chi connectivity index (χ4v) is 2.60. The molecule has 9 heteroatoms. The predicted octanol–water partition coefficient (Wildman–Crippen LogP) is 4.91. The van der Waals surface area contributed by atoms with Crippen LogP contribution in [-0.2, 0) is 9.59 Å². The molecule has 2 aromatic carbocycles. The van der Waals surface area contributed by atoms with Crippen molar-refractivity contribution < 1.29 is 14.3 Å². The maximum absolute atomic E-state index is 11.9. The number of nitrogens with one attached hydrogen (secondary N) is 2. The Kier molecular flexibility index (Phi) is 8.11. The van der Waals surface area contributed by atoms with Crippen LogP contribution in [-0.4, -0.2) is 24.1 Å². The molecule has 0 radical (unpaired) electrons. The lowest BCUT2D eigenvalue weighted by molar-refractivity contribution is -0.126. The molecule has 2 rings (SSSR count). The normalized spacial score (nSPS) is 10.9. The van der Waals surface area contributed by atoms with E-state index in [1.165, 1.54) is 12.3 Å². The van der Waals surface area contributed by atoms with Gasteiger partial charge in [-0.2, -0.15) is 5.10 Å². The molecule has 28 heavy (non-hydrogen) atoms. The third kappa shape index (κ3) is 7.03. The second-order valence-electron chi connectivity index (χ2n) is 6.00. The van der Waals surface area contributed by atoms with E-state index in [-0.39, 0.29) is 6.10 Å². The fourth-order valence-electron chi connectivity index (χ4n) is 2.12. The quantitative estimate of drug-likeness (QED) is 0.363. The van der Waals surface area contributed by atoms with E-state index in [1.54, 1.807) is 30.3 Å². The van der Waals surface area contributed by atoms with Crippen LogP contribution in [0.2, 0.25) is 15.1 Å². The summed E-state index contributed by atoms with van der Waals surface area (Å²) in [5, 5.41) is 7.58. The van der Waals surface area contributed by atoms with E-state index < -0.39 is 18.2 Å². The van der Waals surface area contributed by atoms with Crippen molar-refractivity contribution in [2.45, 2.75) is 26.4 Å². The number of hydrogen-bond donors (Lipinski definition) is 2. The molecular formula is C19H18Cl3N3O3. The highest BCUT2D eigenvalue weighted by Crippen LogP contribution is 2.25. The molecule has 0 heterocycles. The highest BCUT2D eigenvalue weighted by atomic mass is 35.5. The van der Waals surface area contributed by atoms with Crippen LogP contribution in [0.1, 0.15) is 25.8 Å². The number of amides is 2. The SMILES string of the molecule is CC(C)Oc1ccc(Cl)cc1C=NNC(=O)CC(=O)Nc1ccc(Cl)c(Cl)c1. The summed E-state index contributed by atoms with van der Waals surface area (Å²) in [7, 11) is 0. The van der Waals surface area contributed by atoms with Crippen LogP contribution in [0, 0.1) is 0 Å². The minimum atomic E-state index is -0.581. The number of hydrogen-bond acceptors (Lipinski definition) is 4. The number of carbonyl (C=O) groups is 2. The number of rotatable bonds is 7. The smallest absolute Gasteiger partial charge is 0.249 e. The van der Waals surface area contributed by atoms with Crippen LogP contribution >= 0.6 is 34.8 Å². The van der Waals surface area contributed by atoms with Crippen LogP contribution in [0.5, 0.6) is 5.75 Å². The molecule has 0 fully saturated rings. The molecule has 0 saturated carbocycles. The van der Waals surface area contributed by atoms with Crippen LogP contribution in [0.4, 0.5) is 5.69 Å². The molecule has 0 atom stereocenters. The fraction of sp³-hybridized carbons (Fsp3) is 0.211. The summed E-state index contributed by atoms with van der Waals surface area (Å²) in [5.74, 6) is -0.519. The number of anilines is 1. The van der Waals surface area contributed by atoms with E-state index in [9.17, 15) is 9.59 Å². The van der Waals surface area contributed by atoms with Crippen molar-refractivity contribution in [3.63, 3.8) is 0 Å². The number of ether oxygens (including phenoxy) is 1. The summed E-state index contributed by atoms with van der Waals surface area (Å²) in [6, 6.07) is 9.70. The molecule has 0 aliphatic heterocycles. The van der Waals surface area contributed by atoms with Crippen molar-refractivity contribution in [3.8, 4) is 5.75 Å². The summed E-state index contributed by atoms with van der Waals surface area (Å²) < 4.78 is 5.66. The third-order valence-corrected chi connectivity index (χ3v) is 4.23. The van der Waals surface area contributed by atoms with E-state index in [0.717, 1.165) is 0 Å². The van der Waals surface area contributed by atoms with Gasteiger partial charge < -0.3 is 10.1 Å². The number of halogens is 3. The molecule has 0 bridgehead atoms. The van der Waals surface area contributed by atoms with Crippen molar-refractivity contribution in [2.24, 2.45) is 5.10 Å². The molecular weight excluding hydrogens is 425 g/mol. The number of nitrogens with zero attached hydrogens (tertiary/aromatic N) is 1. The van der Waals surface area contributed by atoms with Crippen molar-refractivity contribution in [1.29, 1.82) is 0 Å². The van der Waals surface area contributed by atoms with E-state index >= 15 is 0 Å². The Morgan fingerprint density at radius 2 is 1.82 bits per heavy atom. The molecule has 0 spiro atoms. The third-order valence-electron chi connectivity index (χ3n) is 3.25. The summed E-state index contributed by atoms with van der Waals surface area (Å²) in [5.41, 5.74) is 3.33. The summed E-state index contributed by atoms with van der Waals surface area (Å²) >= 11 is 17.7. The molecule has 0 saturated heterocycles. The Morgan fingerprint density at radius 1 is 1.07 bits per heavy atom. The van der Waals surface area contributed by atoms with Gasteiger partial charge in [0.15, 0.2) is 0 Å². The minimum Gasteiger partial charge on any atom is -0.490 e. The molecule has 148 valence electrons. The molecule has 0 unspecified atom stereocenters. The molecule has 0 aliphatic rings. The van der Waals surface area contributed by atoms with E-state index in [4.69, 9.17) is 39.5 Å². The largest absolute Gasteiger partial charge is 0.490 e. The highest BCUT2D eigenvalue weighted by Gasteiger charge is 2.10. The van der Waals surface area contributed by atoms with Gasteiger partial charge in [0.1, 0.15) is 12.2 Å². The van der Waals surface area contributed by atoms with Crippen LogP contribution in [0.15, 0.2) is 41.5 Å². The topological polar surface area (TPSA) is 79.8 Å². The van der Waals surface area contributed by atoms with Crippen molar-refractivity contribution in [3.05, 3.63) is 57.0 Å². The monoisotopic (exact) mass is 441 g/mol. The molecule has 0 aliphatic carbocycles. The lowest BCUT2D eigenvalue weighted by Gasteiger charge is -2.12. The van der Waals surface area contributed by atoms with Gasteiger partial charge >= 0.3 is 0 Å². The molecule has 6 nitrogen and oxygen atoms in total. The lowest BCUT2D eigenvalue weighted by atomic mass is 10.2. The second kappa shape index (κ2) is 10.3. The Hall–Kier alpha value is -2.28. The van der Waals surface area contributed by atoms with Gasteiger partial charge in [-0.25, -0.2) is 5.43 Å². The molecule has 0 aromatic heterocycles. The summed E-state index contributed by atoms with van der Waals surface area (Å²) in [6.45, 7) is 3.79. The van der Waals surface area contributed by atoms with Crippen LogP contribution in [0.3, 0.4) is 0 Å². The average molecular weight is 443 g/mol. The molecule has 2 aromatic rings. The Labute approximate surface area is 177 Å². The zero-order valence-corrected chi connectivity index (χ0v) is 17.4. The first-order chi connectivity index (χ1) is 13.2. The van der Waals surface area contributed by atoms with E-state index in [1.807, 2.05) is 13.8 Å². The summed E-state index contributed by atoms with van der Waals surface area (Å²) in [4.78, 5) is 23.8. The average Bonchev–Trinajstić information content (AvgIpc) is 2.60. The van der Waals surface area contributed by atoms with Gasteiger partial charge in [0.2, 0.25) is 11.8 Å². The Balaban J connectivity index is 1.92. The first kappa shape index (κ1) is 22.0. The molecule has 2 N–H and O–H groups in total. The van der Waals surface area contributed by atoms with Gasteiger partial charge in [-0.05, 0) is 50.2 Å². The van der Waals surface area contributed by atoms with Crippen LogP contribution < -0.4 is 15.5 Å². The zero-order valence-electron chi connectivity index (χ0n) is 15.1. The van der Waals surface area contributed by atoms with Gasteiger partial charge in [-0.15, -0.1) is 0 Å². The van der Waals surface area contributed by atoms with E-state index in [2.05, 4.69) is 15.8 Å². The number of hydrazone groups is 1. The van der Waals surface area contributed by atoms with Gasteiger partial charge in [-0.3, -0.25) is 9.59 Å². The zero-order chi connectivity index (χ0) is 20.7. The van der Waals surface area contributed by atoms with Gasteiger partial charge in [0.05, 0.1) is 22.4 Å². The maximum Gasteiger partial charge on any atom is 0.249 e. The highest BCUT2D eigenvalue weighted by molar-refractivity contribution is 6.42. The van der Waals surface area contributed by atoms with E-state index in [0.29, 0.717) is 32.1 Å². The number of benzene rings is 2. The lowest BCUT2D eigenvalue weighted by Crippen LogP contribution is -2.24. The van der Waals surface area contributed by atoms with Crippen LogP contribution in [0.25, 0.3) is 0 Å². The van der Waals surface area contributed by atoms with Crippen molar-refractivity contribution >= 4 is 58.5 Å². The van der Waals surface area contributed by atoms with Gasteiger partial charge in [-0.1, -0.05) is 34.8 Å². The molecule has 2 amide bonds. The summed E-state index contributed by atoms with van der Waals surface area (Å²) in [6.07, 6.45) is 0.953. The number of carbonyl (C=O) groups excluding carboxylic acids is 2. The first-order valence-corrected chi connectivity index (χ1v) is 9.41.